The highest BCUT2D eigenvalue weighted by Gasteiger charge is 2.11. The van der Waals surface area contributed by atoms with Crippen molar-refractivity contribution in [2.24, 2.45) is 4.99 Å². The summed E-state index contributed by atoms with van der Waals surface area (Å²) >= 11 is 12.4. The minimum atomic E-state index is -3.22. The Morgan fingerprint density at radius 1 is 1.11 bits per heavy atom. The summed E-state index contributed by atoms with van der Waals surface area (Å²) in [5.41, 5.74) is 2.57. The zero-order chi connectivity index (χ0) is 20.7. The standard InChI is InChI=1S/C20H25Cl2N3O2S/c1-4-23-20(24-11-10-16-17(21)6-5-7-18(16)22)25-13-15-8-9-19(14(2)12-15)28(3,26)27/h5-9,12H,4,10-11,13H2,1-3H3,(H2,23,24,25). The molecule has 0 amide bonds. The molecule has 0 fully saturated rings. The van der Waals surface area contributed by atoms with Crippen LogP contribution < -0.4 is 10.6 Å². The molecular weight excluding hydrogens is 417 g/mol. The fourth-order valence-electron chi connectivity index (χ4n) is 2.82. The molecule has 152 valence electrons. The number of aliphatic imine (C=N–C) groups is 1. The molecule has 2 aromatic carbocycles. The van der Waals surface area contributed by atoms with Crippen LogP contribution in [0.3, 0.4) is 0 Å². The van der Waals surface area contributed by atoms with Gasteiger partial charge in [0.05, 0.1) is 11.4 Å². The first-order chi connectivity index (χ1) is 13.2. The number of halogens is 2. The van der Waals surface area contributed by atoms with Crippen LogP contribution in [0.4, 0.5) is 0 Å². The lowest BCUT2D eigenvalue weighted by atomic mass is 10.1. The van der Waals surface area contributed by atoms with Crippen LogP contribution in [0.15, 0.2) is 46.3 Å². The third-order valence-electron chi connectivity index (χ3n) is 4.13. The topological polar surface area (TPSA) is 70.6 Å². The first-order valence-corrected chi connectivity index (χ1v) is 11.6. The van der Waals surface area contributed by atoms with E-state index in [0.717, 1.165) is 23.2 Å². The van der Waals surface area contributed by atoms with Gasteiger partial charge in [-0.15, -0.1) is 0 Å². The third kappa shape index (κ3) is 6.40. The molecular formula is C20H25Cl2N3O2S. The van der Waals surface area contributed by atoms with E-state index in [-0.39, 0.29) is 0 Å². The number of hydrogen-bond acceptors (Lipinski definition) is 3. The normalized spacial score (nSPS) is 12.1. The number of hydrogen-bond donors (Lipinski definition) is 2. The van der Waals surface area contributed by atoms with Crippen molar-refractivity contribution in [1.29, 1.82) is 0 Å². The summed E-state index contributed by atoms with van der Waals surface area (Å²) in [4.78, 5) is 4.92. The monoisotopic (exact) mass is 441 g/mol. The first-order valence-electron chi connectivity index (χ1n) is 8.97. The van der Waals surface area contributed by atoms with Crippen LogP contribution in [0, 0.1) is 6.92 Å². The van der Waals surface area contributed by atoms with Gasteiger partial charge in [-0.3, -0.25) is 0 Å². The molecule has 0 heterocycles. The Hall–Kier alpha value is -1.76. The van der Waals surface area contributed by atoms with Crippen LogP contribution in [0.2, 0.25) is 10.0 Å². The van der Waals surface area contributed by atoms with Crippen molar-refractivity contribution >= 4 is 39.0 Å². The van der Waals surface area contributed by atoms with Gasteiger partial charge in [0.25, 0.3) is 0 Å². The van der Waals surface area contributed by atoms with Gasteiger partial charge in [0.15, 0.2) is 15.8 Å². The maximum absolute atomic E-state index is 11.7. The van der Waals surface area contributed by atoms with E-state index in [1.165, 1.54) is 6.26 Å². The van der Waals surface area contributed by atoms with E-state index in [0.29, 0.717) is 40.4 Å². The predicted octanol–water partition coefficient (Wildman–Crippen LogP) is 4.00. The van der Waals surface area contributed by atoms with Crippen LogP contribution in [0.1, 0.15) is 23.6 Å². The zero-order valence-corrected chi connectivity index (χ0v) is 18.5. The molecule has 2 N–H and O–H groups in total. The number of aryl methyl sites for hydroxylation is 1. The van der Waals surface area contributed by atoms with Crippen molar-refractivity contribution in [3.63, 3.8) is 0 Å². The minimum Gasteiger partial charge on any atom is -0.357 e. The lowest BCUT2D eigenvalue weighted by Crippen LogP contribution is -2.38. The molecule has 0 bridgehead atoms. The molecule has 0 radical (unpaired) electrons. The molecule has 0 aliphatic rings. The number of guanidine groups is 1. The summed E-state index contributed by atoms with van der Waals surface area (Å²) in [6.07, 6.45) is 1.89. The lowest BCUT2D eigenvalue weighted by Gasteiger charge is -2.13. The van der Waals surface area contributed by atoms with Crippen LogP contribution in [-0.2, 0) is 22.8 Å². The lowest BCUT2D eigenvalue weighted by molar-refractivity contribution is 0.601. The number of nitrogens with one attached hydrogen (secondary N) is 2. The van der Waals surface area contributed by atoms with E-state index >= 15 is 0 Å². The second-order valence-electron chi connectivity index (χ2n) is 6.44. The molecule has 0 saturated carbocycles. The van der Waals surface area contributed by atoms with Gasteiger partial charge in [0.2, 0.25) is 0 Å². The summed E-state index contributed by atoms with van der Waals surface area (Å²) < 4.78 is 23.5. The number of rotatable bonds is 7. The largest absolute Gasteiger partial charge is 0.357 e. The molecule has 5 nitrogen and oxygen atoms in total. The second kappa shape index (κ2) is 10.1. The maximum atomic E-state index is 11.7. The van der Waals surface area contributed by atoms with Crippen molar-refractivity contribution in [3.8, 4) is 0 Å². The molecule has 8 heteroatoms. The number of nitrogens with zero attached hydrogens (tertiary/aromatic N) is 1. The van der Waals surface area contributed by atoms with E-state index in [1.54, 1.807) is 19.1 Å². The van der Waals surface area contributed by atoms with Crippen LogP contribution in [0.5, 0.6) is 0 Å². The highest BCUT2D eigenvalue weighted by molar-refractivity contribution is 7.90. The molecule has 0 saturated heterocycles. The summed E-state index contributed by atoms with van der Waals surface area (Å²) in [5, 5.41) is 7.77. The van der Waals surface area contributed by atoms with Crippen LogP contribution in [0.25, 0.3) is 0 Å². The molecule has 28 heavy (non-hydrogen) atoms. The van der Waals surface area contributed by atoms with Crippen molar-refractivity contribution < 1.29 is 8.42 Å². The van der Waals surface area contributed by atoms with E-state index < -0.39 is 9.84 Å². The van der Waals surface area contributed by atoms with E-state index in [1.807, 2.05) is 31.2 Å². The summed E-state index contributed by atoms with van der Waals surface area (Å²) in [6, 6.07) is 10.8. The van der Waals surface area contributed by atoms with Gasteiger partial charge in [-0.2, -0.15) is 0 Å². The Morgan fingerprint density at radius 3 is 2.36 bits per heavy atom. The maximum Gasteiger partial charge on any atom is 0.191 e. The highest BCUT2D eigenvalue weighted by atomic mass is 35.5. The summed E-state index contributed by atoms with van der Waals surface area (Å²) in [5.74, 6) is 0.676. The van der Waals surface area contributed by atoms with Crippen LogP contribution in [-0.4, -0.2) is 33.7 Å². The molecule has 0 unspecified atom stereocenters. The molecule has 0 aromatic heterocycles. The fourth-order valence-corrected chi connectivity index (χ4v) is 4.36. The van der Waals surface area contributed by atoms with Crippen LogP contribution >= 0.6 is 23.2 Å². The zero-order valence-electron chi connectivity index (χ0n) is 16.2. The third-order valence-corrected chi connectivity index (χ3v) is 6.10. The average molecular weight is 442 g/mol. The molecule has 2 rings (SSSR count). The Balaban J connectivity index is 2.03. The number of sulfone groups is 1. The molecule has 0 aliphatic carbocycles. The SMILES string of the molecule is CCNC(=NCc1ccc(S(C)(=O)=O)c(C)c1)NCCc1c(Cl)cccc1Cl. The Bertz CT molecular complexity index is 940. The van der Waals surface area contributed by atoms with Gasteiger partial charge in [0, 0.05) is 29.4 Å². The Kier molecular flexibility index (Phi) is 8.16. The molecule has 0 spiro atoms. The van der Waals surface area contributed by atoms with Gasteiger partial charge in [-0.25, -0.2) is 13.4 Å². The summed E-state index contributed by atoms with van der Waals surface area (Å²) in [7, 11) is -3.22. The van der Waals surface area contributed by atoms with Gasteiger partial charge in [-0.05, 0) is 55.2 Å². The van der Waals surface area contributed by atoms with Crippen molar-refractivity contribution in [2.45, 2.75) is 31.7 Å². The van der Waals surface area contributed by atoms with E-state index in [2.05, 4.69) is 15.6 Å². The van der Waals surface area contributed by atoms with E-state index in [9.17, 15) is 8.42 Å². The Morgan fingerprint density at radius 2 is 1.79 bits per heavy atom. The first kappa shape index (κ1) is 22.5. The van der Waals surface area contributed by atoms with Crippen molar-refractivity contribution in [2.75, 3.05) is 19.3 Å². The fraction of sp³-hybridized carbons (Fsp3) is 0.350. The van der Waals surface area contributed by atoms with Crippen molar-refractivity contribution in [1.82, 2.24) is 10.6 Å². The molecule has 0 atom stereocenters. The Labute approximate surface area is 177 Å². The average Bonchev–Trinajstić information content (AvgIpc) is 2.61. The molecule has 2 aromatic rings. The van der Waals surface area contributed by atoms with E-state index in [4.69, 9.17) is 23.2 Å². The summed E-state index contributed by atoms with van der Waals surface area (Å²) in [6.45, 7) is 5.58. The predicted molar refractivity (Wildman–Crippen MR) is 117 cm³/mol. The van der Waals surface area contributed by atoms with Gasteiger partial charge in [0.1, 0.15) is 0 Å². The minimum absolute atomic E-state index is 0.349. The quantitative estimate of drug-likeness (QED) is 0.502. The molecule has 0 aliphatic heterocycles. The van der Waals surface area contributed by atoms with Gasteiger partial charge in [-0.1, -0.05) is 41.4 Å². The smallest absolute Gasteiger partial charge is 0.191 e. The van der Waals surface area contributed by atoms with Gasteiger partial charge >= 0.3 is 0 Å². The second-order valence-corrected chi connectivity index (χ2v) is 9.24. The van der Waals surface area contributed by atoms with Crippen molar-refractivity contribution in [3.05, 3.63) is 63.1 Å². The van der Waals surface area contributed by atoms with Gasteiger partial charge < -0.3 is 10.6 Å². The highest BCUT2D eigenvalue weighted by Crippen LogP contribution is 2.24. The number of benzene rings is 2.